The molecule has 0 saturated carbocycles. The van der Waals surface area contributed by atoms with Gasteiger partial charge in [0.05, 0.1) is 21.8 Å². The number of thiophene rings is 1. The monoisotopic (exact) mass is 407 g/mol. The number of carboxylic acids is 1. The molecule has 5 nitrogen and oxygen atoms in total. The third kappa shape index (κ3) is 3.13. The van der Waals surface area contributed by atoms with Crippen molar-refractivity contribution in [1.82, 2.24) is 9.97 Å². The van der Waals surface area contributed by atoms with E-state index in [1.165, 1.54) is 17.7 Å². The Labute approximate surface area is 164 Å². The lowest BCUT2D eigenvalue weighted by Crippen LogP contribution is -2.39. The Kier molecular flexibility index (Phi) is 4.73. The Hall–Kier alpha value is -1.89. The highest BCUT2D eigenvalue weighted by atomic mass is 35.5. The SMILES string of the molecule is O=C(O)C1CCCN(c2ncnc3cccc(-c4cc(Cl)c(Cl)s4)c23)C1. The van der Waals surface area contributed by atoms with Gasteiger partial charge in [0.15, 0.2) is 0 Å². The molecule has 3 heterocycles. The first-order valence-electron chi connectivity index (χ1n) is 8.21. The van der Waals surface area contributed by atoms with Gasteiger partial charge in [-0.25, -0.2) is 9.97 Å². The molecule has 0 radical (unpaired) electrons. The van der Waals surface area contributed by atoms with E-state index in [1.54, 1.807) is 0 Å². The van der Waals surface area contributed by atoms with Gasteiger partial charge in [-0.15, -0.1) is 11.3 Å². The summed E-state index contributed by atoms with van der Waals surface area (Å²) in [6.45, 7) is 1.22. The average molecular weight is 408 g/mol. The molecule has 1 aliphatic rings. The van der Waals surface area contributed by atoms with Crippen molar-refractivity contribution < 1.29 is 9.90 Å². The van der Waals surface area contributed by atoms with Crippen LogP contribution >= 0.6 is 34.5 Å². The minimum atomic E-state index is -0.759. The zero-order valence-electron chi connectivity index (χ0n) is 13.7. The zero-order valence-corrected chi connectivity index (χ0v) is 16.0. The summed E-state index contributed by atoms with van der Waals surface area (Å²) < 4.78 is 0.543. The second kappa shape index (κ2) is 7.02. The number of rotatable bonds is 3. The number of nitrogens with zero attached hydrogens (tertiary/aromatic N) is 3. The van der Waals surface area contributed by atoms with Gasteiger partial charge in [0, 0.05) is 23.5 Å². The van der Waals surface area contributed by atoms with Gasteiger partial charge < -0.3 is 10.0 Å². The maximum atomic E-state index is 11.4. The van der Waals surface area contributed by atoms with E-state index < -0.39 is 5.97 Å². The van der Waals surface area contributed by atoms with Gasteiger partial charge in [0.2, 0.25) is 0 Å². The number of aromatic nitrogens is 2. The van der Waals surface area contributed by atoms with E-state index in [2.05, 4.69) is 9.97 Å². The van der Waals surface area contributed by atoms with E-state index in [1.807, 2.05) is 29.2 Å². The molecule has 1 N–H and O–H groups in total. The fourth-order valence-corrected chi connectivity index (χ4v) is 4.79. The summed E-state index contributed by atoms with van der Waals surface area (Å²) in [6.07, 6.45) is 3.04. The van der Waals surface area contributed by atoms with Crippen molar-refractivity contribution in [2.24, 2.45) is 5.92 Å². The van der Waals surface area contributed by atoms with Crippen molar-refractivity contribution >= 4 is 57.2 Å². The Morgan fingerprint density at radius 1 is 1.31 bits per heavy atom. The number of carbonyl (C=O) groups is 1. The Morgan fingerprint density at radius 2 is 2.15 bits per heavy atom. The molecule has 1 unspecified atom stereocenters. The van der Waals surface area contributed by atoms with Gasteiger partial charge >= 0.3 is 5.97 Å². The van der Waals surface area contributed by atoms with Crippen LogP contribution in [0.5, 0.6) is 0 Å². The van der Waals surface area contributed by atoms with Crippen molar-refractivity contribution in [2.75, 3.05) is 18.0 Å². The number of piperidine rings is 1. The minimum absolute atomic E-state index is 0.383. The number of hydrogen-bond acceptors (Lipinski definition) is 5. The highest BCUT2D eigenvalue weighted by Gasteiger charge is 2.28. The second-order valence-corrected chi connectivity index (χ2v) is 8.31. The Balaban J connectivity index is 1.86. The standard InChI is InChI=1S/C18H15Cl2N3O2S/c19-12-7-14(26-16(12)20)11-4-1-5-13-15(11)17(22-9-21-13)23-6-2-3-10(8-23)18(24)25/h1,4-5,7,9-10H,2-3,6,8H2,(H,24,25). The number of anilines is 1. The molecule has 1 saturated heterocycles. The van der Waals surface area contributed by atoms with Crippen molar-refractivity contribution in [3.63, 3.8) is 0 Å². The summed E-state index contributed by atoms with van der Waals surface area (Å²) in [5.41, 5.74) is 1.76. The summed E-state index contributed by atoms with van der Waals surface area (Å²) >= 11 is 13.7. The van der Waals surface area contributed by atoms with Crippen LogP contribution in [0.15, 0.2) is 30.6 Å². The van der Waals surface area contributed by atoms with Crippen LogP contribution in [-0.2, 0) is 4.79 Å². The van der Waals surface area contributed by atoms with Crippen LogP contribution in [0.3, 0.4) is 0 Å². The van der Waals surface area contributed by atoms with Crippen LogP contribution in [0.25, 0.3) is 21.3 Å². The lowest BCUT2D eigenvalue weighted by Gasteiger charge is -2.32. The molecule has 1 aromatic carbocycles. The maximum Gasteiger partial charge on any atom is 0.308 e. The van der Waals surface area contributed by atoms with Gasteiger partial charge in [0.25, 0.3) is 0 Å². The molecule has 0 aliphatic carbocycles. The summed E-state index contributed by atoms with van der Waals surface area (Å²) in [7, 11) is 0. The largest absolute Gasteiger partial charge is 0.481 e. The van der Waals surface area contributed by atoms with Gasteiger partial charge in [-0.3, -0.25) is 4.79 Å². The normalized spacial score (nSPS) is 17.6. The third-order valence-corrected chi connectivity index (χ3v) is 6.52. The van der Waals surface area contributed by atoms with Crippen molar-refractivity contribution in [3.05, 3.63) is 40.0 Å². The second-order valence-electron chi connectivity index (χ2n) is 6.25. The van der Waals surface area contributed by atoms with Gasteiger partial charge in [-0.05, 0) is 25.0 Å². The molecule has 1 fully saturated rings. The summed E-state index contributed by atoms with van der Waals surface area (Å²) in [5, 5.41) is 10.8. The van der Waals surface area contributed by atoms with Gasteiger partial charge in [-0.1, -0.05) is 35.3 Å². The molecule has 0 amide bonds. The number of fused-ring (bicyclic) bond motifs is 1. The Bertz CT molecular complexity index is 967. The summed E-state index contributed by atoms with van der Waals surface area (Å²) in [6, 6.07) is 7.70. The van der Waals surface area contributed by atoms with Crippen molar-refractivity contribution in [3.8, 4) is 10.4 Å². The molecule has 1 aliphatic heterocycles. The number of carboxylic acid groups (broad SMARTS) is 1. The van der Waals surface area contributed by atoms with E-state index in [4.69, 9.17) is 23.2 Å². The van der Waals surface area contributed by atoms with Crippen molar-refractivity contribution in [1.29, 1.82) is 0 Å². The van der Waals surface area contributed by atoms with Crippen LogP contribution in [-0.4, -0.2) is 34.1 Å². The molecule has 0 spiro atoms. The highest BCUT2D eigenvalue weighted by Crippen LogP contribution is 2.42. The van der Waals surface area contributed by atoms with Crippen molar-refractivity contribution in [2.45, 2.75) is 12.8 Å². The number of halogens is 2. The van der Waals surface area contributed by atoms with Crippen LogP contribution in [0.2, 0.25) is 9.36 Å². The molecule has 2 aromatic heterocycles. The first kappa shape index (κ1) is 17.5. The molecular weight excluding hydrogens is 393 g/mol. The van der Waals surface area contributed by atoms with Crippen LogP contribution in [0, 0.1) is 5.92 Å². The predicted molar refractivity (Wildman–Crippen MR) is 105 cm³/mol. The molecule has 4 rings (SSSR count). The lowest BCUT2D eigenvalue weighted by atomic mass is 9.97. The third-order valence-electron chi connectivity index (χ3n) is 4.62. The van der Waals surface area contributed by atoms with E-state index in [0.717, 1.165) is 40.1 Å². The van der Waals surface area contributed by atoms with Crippen LogP contribution in [0.1, 0.15) is 12.8 Å². The van der Waals surface area contributed by atoms with Crippen LogP contribution in [0.4, 0.5) is 5.82 Å². The van der Waals surface area contributed by atoms with E-state index in [-0.39, 0.29) is 5.92 Å². The number of hydrogen-bond donors (Lipinski definition) is 1. The Morgan fingerprint density at radius 3 is 2.88 bits per heavy atom. The number of benzene rings is 1. The fourth-order valence-electron chi connectivity index (χ4n) is 3.39. The zero-order chi connectivity index (χ0) is 18.3. The van der Waals surface area contributed by atoms with Gasteiger partial charge in [0.1, 0.15) is 16.5 Å². The molecule has 26 heavy (non-hydrogen) atoms. The predicted octanol–water partition coefficient (Wildman–Crippen LogP) is 4.97. The fraction of sp³-hybridized carbons (Fsp3) is 0.278. The molecule has 8 heteroatoms. The molecule has 1 atom stereocenters. The lowest BCUT2D eigenvalue weighted by molar-refractivity contribution is -0.141. The quantitative estimate of drug-likeness (QED) is 0.663. The van der Waals surface area contributed by atoms with Gasteiger partial charge in [-0.2, -0.15) is 0 Å². The maximum absolute atomic E-state index is 11.4. The first-order valence-corrected chi connectivity index (χ1v) is 9.78. The van der Waals surface area contributed by atoms with E-state index >= 15 is 0 Å². The highest BCUT2D eigenvalue weighted by molar-refractivity contribution is 7.20. The number of aliphatic carboxylic acids is 1. The molecule has 3 aromatic rings. The van der Waals surface area contributed by atoms with Crippen LogP contribution < -0.4 is 4.90 Å². The molecule has 134 valence electrons. The summed E-state index contributed by atoms with van der Waals surface area (Å²) in [5.74, 6) is -0.381. The smallest absolute Gasteiger partial charge is 0.308 e. The minimum Gasteiger partial charge on any atom is -0.481 e. The van der Waals surface area contributed by atoms with E-state index in [9.17, 15) is 9.90 Å². The van der Waals surface area contributed by atoms with E-state index in [0.29, 0.717) is 22.3 Å². The molecule has 0 bridgehead atoms. The summed E-state index contributed by atoms with van der Waals surface area (Å²) in [4.78, 5) is 23.3. The first-order chi connectivity index (χ1) is 12.5. The average Bonchev–Trinajstić information content (AvgIpc) is 2.99. The molecular formula is C18H15Cl2N3O2S. The topological polar surface area (TPSA) is 66.3 Å².